The Hall–Kier alpha value is -2.80. The number of carbonyl (C=O) groups excluding carboxylic acids is 1. The maximum absolute atomic E-state index is 12.8. The summed E-state index contributed by atoms with van der Waals surface area (Å²) in [6.45, 7) is -3.69. The van der Waals surface area contributed by atoms with Crippen molar-refractivity contribution < 1.29 is 17.4 Å². The van der Waals surface area contributed by atoms with E-state index in [0.29, 0.717) is 53.6 Å². The third-order valence-electron chi connectivity index (χ3n) is 5.17. The smallest absolute Gasteiger partial charge is 0.228 e. The first-order valence-electron chi connectivity index (χ1n) is 12.2. The van der Waals surface area contributed by atoms with Crippen LogP contribution in [0.3, 0.4) is 0 Å². The van der Waals surface area contributed by atoms with Crippen molar-refractivity contribution in [1.29, 1.82) is 0 Å². The number of rotatable bonds is 4. The lowest BCUT2D eigenvalue weighted by Gasteiger charge is -2.31. The van der Waals surface area contributed by atoms with E-state index in [4.69, 9.17) is 12.6 Å². The Morgan fingerprint density at radius 3 is 2.75 bits per heavy atom. The number of aryl methyl sites for hydroxylation is 1. The predicted molar refractivity (Wildman–Crippen MR) is 108 cm³/mol. The zero-order chi connectivity index (χ0) is 24.7. The minimum atomic E-state index is -2.73. The molecule has 0 radical (unpaired) electrons. The molecule has 28 heavy (non-hydrogen) atoms. The Balaban J connectivity index is 1.43. The number of carbonyl (C=O) groups is 1. The van der Waals surface area contributed by atoms with Crippen LogP contribution in [0.25, 0.3) is 22.2 Å². The highest BCUT2D eigenvalue weighted by atomic mass is 16.4. The van der Waals surface area contributed by atoms with Crippen molar-refractivity contribution in [3.63, 3.8) is 0 Å². The predicted octanol–water partition coefficient (Wildman–Crippen LogP) is 3.65. The Bertz CT molecular complexity index is 1170. The molecule has 1 aromatic carbocycles. The first kappa shape index (κ1) is 12.6. The molecule has 2 aromatic heterocycles. The molecule has 7 nitrogen and oxygen atoms in total. The number of nitrogens with one attached hydrogen (secondary N) is 1. The van der Waals surface area contributed by atoms with Gasteiger partial charge in [0.1, 0.15) is 0 Å². The van der Waals surface area contributed by atoms with Gasteiger partial charge in [0.25, 0.3) is 0 Å². The SMILES string of the molecule is [2H]C([2H])([2H])N(C1CCC(C(=O)Nc2cc3cc(-c4cnc(C)o4)ccc3nn2)CC1)C([2H])([2H])[2H]. The highest BCUT2D eigenvalue weighted by molar-refractivity contribution is 5.94. The van der Waals surface area contributed by atoms with E-state index in [1.54, 1.807) is 19.2 Å². The molecule has 1 aliphatic carbocycles. The summed E-state index contributed by atoms with van der Waals surface area (Å²) in [5.41, 5.74) is 1.48. The lowest BCUT2D eigenvalue weighted by molar-refractivity contribution is -0.121. The summed E-state index contributed by atoms with van der Waals surface area (Å²) in [6.07, 6.45) is 3.02. The Labute approximate surface area is 172 Å². The number of amides is 1. The molecule has 1 N–H and O–H groups in total. The summed E-state index contributed by atoms with van der Waals surface area (Å²) in [6, 6.07) is 6.63. The molecule has 0 aliphatic heterocycles. The van der Waals surface area contributed by atoms with Gasteiger partial charge in [0.2, 0.25) is 5.91 Å². The standard InChI is InChI=1S/C21H25N5O2/c1-13-22-12-19(28-13)15-6-9-18-16(10-15)11-20(25-24-18)23-21(27)14-4-7-17(8-5-14)26(2)3/h6,9-12,14,17H,4-5,7-8H2,1-3H3,(H,23,25,27)/i2D3,3D3. The number of anilines is 1. The second kappa shape index (κ2) is 7.67. The molecule has 146 valence electrons. The van der Waals surface area contributed by atoms with Gasteiger partial charge in [0.05, 0.1) is 11.7 Å². The summed E-state index contributed by atoms with van der Waals surface area (Å²) < 4.78 is 51.2. The van der Waals surface area contributed by atoms with E-state index in [-0.39, 0.29) is 11.8 Å². The Morgan fingerprint density at radius 1 is 1.21 bits per heavy atom. The number of aromatic nitrogens is 3. The number of hydrogen-bond donors (Lipinski definition) is 1. The number of oxazole rings is 1. The van der Waals surface area contributed by atoms with Crippen LogP contribution >= 0.6 is 0 Å². The topological polar surface area (TPSA) is 84.2 Å². The van der Waals surface area contributed by atoms with E-state index >= 15 is 0 Å². The fourth-order valence-electron chi connectivity index (χ4n) is 3.58. The fourth-order valence-corrected chi connectivity index (χ4v) is 3.58. The van der Waals surface area contributed by atoms with Crippen LogP contribution in [0.5, 0.6) is 0 Å². The molecule has 0 saturated heterocycles. The third-order valence-corrected chi connectivity index (χ3v) is 5.17. The highest BCUT2D eigenvalue weighted by Gasteiger charge is 2.27. The van der Waals surface area contributed by atoms with E-state index in [1.165, 1.54) is 0 Å². The van der Waals surface area contributed by atoms with Gasteiger partial charge >= 0.3 is 0 Å². The molecule has 1 amide bonds. The van der Waals surface area contributed by atoms with E-state index in [9.17, 15) is 4.79 Å². The van der Waals surface area contributed by atoms with Crippen LogP contribution in [0.1, 0.15) is 39.8 Å². The molecule has 0 unspecified atom stereocenters. The zero-order valence-electron chi connectivity index (χ0n) is 21.5. The van der Waals surface area contributed by atoms with Crippen LogP contribution in [0.2, 0.25) is 0 Å². The van der Waals surface area contributed by atoms with Crippen molar-refractivity contribution in [3.05, 3.63) is 36.4 Å². The molecule has 3 aromatic rings. The van der Waals surface area contributed by atoms with Crippen molar-refractivity contribution in [1.82, 2.24) is 20.1 Å². The number of fused-ring (bicyclic) bond motifs is 1. The van der Waals surface area contributed by atoms with E-state index in [1.807, 2.05) is 18.2 Å². The van der Waals surface area contributed by atoms with Crippen molar-refractivity contribution in [2.24, 2.45) is 5.92 Å². The van der Waals surface area contributed by atoms with Gasteiger partial charge in [-0.1, -0.05) is 0 Å². The lowest BCUT2D eigenvalue weighted by atomic mass is 9.85. The minimum Gasteiger partial charge on any atom is -0.441 e. The van der Waals surface area contributed by atoms with Crippen LogP contribution in [0.4, 0.5) is 5.82 Å². The van der Waals surface area contributed by atoms with Crippen LogP contribution in [-0.4, -0.2) is 46.0 Å². The van der Waals surface area contributed by atoms with E-state index in [2.05, 4.69) is 20.5 Å². The van der Waals surface area contributed by atoms with Gasteiger partial charge in [-0.25, -0.2) is 4.98 Å². The van der Waals surface area contributed by atoms with Gasteiger partial charge in [-0.3, -0.25) is 4.79 Å². The van der Waals surface area contributed by atoms with Crippen molar-refractivity contribution >= 4 is 22.6 Å². The largest absolute Gasteiger partial charge is 0.441 e. The third kappa shape index (κ3) is 3.89. The van der Waals surface area contributed by atoms with Crippen LogP contribution in [-0.2, 0) is 4.79 Å². The quantitative estimate of drug-likeness (QED) is 0.738. The average Bonchev–Trinajstić information content (AvgIpc) is 3.18. The zero-order valence-corrected chi connectivity index (χ0v) is 15.5. The average molecular weight is 386 g/mol. The monoisotopic (exact) mass is 385 g/mol. The number of nitrogens with zero attached hydrogens (tertiary/aromatic N) is 4. The summed E-state index contributed by atoms with van der Waals surface area (Å²) in [7, 11) is 0. The molecule has 0 bridgehead atoms. The first-order valence-corrected chi connectivity index (χ1v) is 9.22. The van der Waals surface area contributed by atoms with Crippen molar-refractivity contribution in [3.8, 4) is 11.3 Å². The molecule has 1 fully saturated rings. The number of hydrogen-bond acceptors (Lipinski definition) is 6. The number of benzene rings is 1. The fraction of sp³-hybridized carbons (Fsp3) is 0.429. The summed E-state index contributed by atoms with van der Waals surface area (Å²) in [5.74, 6) is 0.876. The van der Waals surface area contributed by atoms with Crippen LogP contribution in [0.15, 0.2) is 34.9 Å². The Morgan fingerprint density at radius 2 is 2.04 bits per heavy atom. The Kier molecular flexibility index (Phi) is 3.46. The van der Waals surface area contributed by atoms with Gasteiger partial charge in [0, 0.05) is 38.1 Å². The molecule has 4 rings (SSSR count). The maximum Gasteiger partial charge on any atom is 0.228 e. The summed E-state index contributed by atoms with van der Waals surface area (Å²) >= 11 is 0. The normalized spacial score (nSPS) is 23.9. The van der Waals surface area contributed by atoms with E-state index in [0.717, 1.165) is 10.9 Å². The molecule has 0 spiro atoms. The van der Waals surface area contributed by atoms with Gasteiger partial charge in [-0.15, -0.1) is 10.2 Å². The second-order valence-electron chi connectivity index (χ2n) is 7.11. The van der Waals surface area contributed by atoms with Crippen molar-refractivity contribution in [2.45, 2.75) is 38.6 Å². The first-order chi connectivity index (χ1) is 15.9. The van der Waals surface area contributed by atoms with Crippen molar-refractivity contribution in [2.75, 3.05) is 19.3 Å². The molecule has 7 heteroatoms. The minimum absolute atomic E-state index is 0.247. The molecule has 2 heterocycles. The lowest BCUT2D eigenvalue weighted by Crippen LogP contribution is -2.35. The molecular formula is C21H25N5O2. The maximum atomic E-state index is 12.8. The van der Waals surface area contributed by atoms with E-state index < -0.39 is 20.0 Å². The second-order valence-corrected chi connectivity index (χ2v) is 7.11. The molecule has 0 atom stereocenters. The van der Waals surface area contributed by atoms with Gasteiger partial charge in [-0.05, 0) is 63.9 Å². The van der Waals surface area contributed by atoms with Gasteiger partial charge in [0.15, 0.2) is 17.5 Å². The van der Waals surface area contributed by atoms with Gasteiger partial charge < -0.3 is 14.6 Å². The van der Waals surface area contributed by atoms with Gasteiger partial charge in [-0.2, -0.15) is 0 Å². The summed E-state index contributed by atoms with van der Waals surface area (Å²) in [5, 5.41) is 11.8. The molecule has 1 saturated carbocycles. The highest BCUT2D eigenvalue weighted by Crippen LogP contribution is 2.28. The van der Waals surface area contributed by atoms with Crippen LogP contribution < -0.4 is 5.32 Å². The molecule has 1 aliphatic rings. The molecular weight excluding hydrogens is 354 g/mol. The summed E-state index contributed by atoms with van der Waals surface area (Å²) in [4.78, 5) is 17.6. The van der Waals surface area contributed by atoms with Crippen LogP contribution in [0, 0.1) is 12.8 Å².